The highest BCUT2D eigenvalue weighted by molar-refractivity contribution is 5.69. The van der Waals surface area contributed by atoms with Crippen molar-refractivity contribution in [3.63, 3.8) is 0 Å². The molecule has 2 aromatic rings. The maximum Gasteiger partial charge on any atom is 0.0748 e. The lowest BCUT2D eigenvalue weighted by Gasteiger charge is -2.34. The minimum Gasteiger partial charge on any atom is -0.285 e. The fourth-order valence-electron chi connectivity index (χ4n) is 2.80. The van der Waals surface area contributed by atoms with Gasteiger partial charge in [-0.25, -0.2) is 0 Å². The van der Waals surface area contributed by atoms with Crippen LogP contribution in [0.2, 0.25) is 0 Å². The highest BCUT2D eigenvalue weighted by Gasteiger charge is 2.32. The van der Waals surface area contributed by atoms with Crippen LogP contribution >= 0.6 is 0 Å². The number of rotatable bonds is 2. The lowest BCUT2D eigenvalue weighted by atomic mass is 10.1. The Bertz CT molecular complexity index is 536. The standard InChI is InChI=1S/C16H18N2/c1-3-17-16-12-8-7-11-15(16)13(2)18(17)14-9-5-4-6-10-14/h4-13H,3H2,1-2H3. The summed E-state index contributed by atoms with van der Waals surface area (Å²) in [6.45, 7) is 5.45. The summed E-state index contributed by atoms with van der Waals surface area (Å²) >= 11 is 0. The first-order chi connectivity index (χ1) is 8.83. The minimum absolute atomic E-state index is 0.392. The topological polar surface area (TPSA) is 6.48 Å². The van der Waals surface area contributed by atoms with Crippen LogP contribution in [0.15, 0.2) is 54.6 Å². The van der Waals surface area contributed by atoms with Crippen LogP contribution in [0.5, 0.6) is 0 Å². The van der Waals surface area contributed by atoms with Crippen LogP contribution in [0.3, 0.4) is 0 Å². The zero-order valence-electron chi connectivity index (χ0n) is 10.9. The van der Waals surface area contributed by atoms with Gasteiger partial charge in [0.1, 0.15) is 0 Å². The van der Waals surface area contributed by atoms with Gasteiger partial charge in [-0.2, -0.15) is 0 Å². The van der Waals surface area contributed by atoms with Crippen molar-refractivity contribution in [1.29, 1.82) is 0 Å². The maximum atomic E-state index is 2.38. The molecule has 92 valence electrons. The van der Waals surface area contributed by atoms with Gasteiger partial charge in [0, 0.05) is 12.1 Å². The molecule has 2 aromatic carbocycles. The highest BCUT2D eigenvalue weighted by Crippen LogP contribution is 2.41. The Morgan fingerprint density at radius 1 is 0.944 bits per heavy atom. The summed E-state index contributed by atoms with van der Waals surface area (Å²) in [6, 6.07) is 19.7. The second-order valence-corrected chi connectivity index (χ2v) is 4.63. The van der Waals surface area contributed by atoms with Crippen molar-refractivity contribution in [3.05, 3.63) is 60.2 Å². The molecular formula is C16H18N2. The van der Waals surface area contributed by atoms with Crippen molar-refractivity contribution in [2.45, 2.75) is 19.9 Å². The second kappa shape index (κ2) is 4.37. The molecular weight excluding hydrogens is 220 g/mol. The Morgan fingerprint density at radius 2 is 1.61 bits per heavy atom. The third-order valence-electron chi connectivity index (χ3n) is 3.61. The van der Waals surface area contributed by atoms with E-state index in [-0.39, 0.29) is 0 Å². The summed E-state index contributed by atoms with van der Waals surface area (Å²) in [6.07, 6.45) is 0. The molecule has 18 heavy (non-hydrogen) atoms. The first kappa shape index (κ1) is 11.1. The molecule has 1 atom stereocenters. The summed E-state index contributed by atoms with van der Waals surface area (Å²) in [5.41, 5.74) is 3.99. The SMILES string of the molecule is CCN1c2ccccc2C(C)N1c1ccccc1. The predicted molar refractivity (Wildman–Crippen MR) is 76.8 cm³/mol. The monoisotopic (exact) mass is 238 g/mol. The number of nitrogens with zero attached hydrogens (tertiary/aromatic N) is 2. The number of anilines is 2. The molecule has 0 saturated carbocycles. The number of hydrogen-bond acceptors (Lipinski definition) is 2. The highest BCUT2D eigenvalue weighted by atomic mass is 15.7. The van der Waals surface area contributed by atoms with Crippen LogP contribution in [0.1, 0.15) is 25.5 Å². The molecule has 0 bridgehead atoms. The van der Waals surface area contributed by atoms with Gasteiger partial charge in [-0.15, -0.1) is 0 Å². The zero-order valence-corrected chi connectivity index (χ0v) is 10.9. The zero-order chi connectivity index (χ0) is 12.5. The summed E-state index contributed by atoms with van der Waals surface area (Å²) in [5, 5.41) is 4.74. The normalized spacial score (nSPS) is 18.0. The first-order valence-electron chi connectivity index (χ1n) is 6.53. The van der Waals surface area contributed by atoms with Crippen molar-refractivity contribution < 1.29 is 0 Å². The van der Waals surface area contributed by atoms with E-state index in [9.17, 15) is 0 Å². The third-order valence-corrected chi connectivity index (χ3v) is 3.61. The summed E-state index contributed by atoms with van der Waals surface area (Å²) < 4.78 is 0. The van der Waals surface area contributed by atoms with Crippen molar-refractivity contribution in [3.8, 4) is 0 Å². The number of hydrazine groups is 1. The molecule has 0 saturated heterocycles. The van der Waals surface area contributed by atoms with Crippen LogP contribution in [0.25, 0.3) is 0 Å². The van der Waals surface area contributed by atoms with Gasteiger partial charge in [0.2, 0.25) is 0 Å². The number of hydrogen-bond donors (Lipinski definition) is 0. The van der Waals surface area contributed by atoms with E-state index in [2.05, 4.69) is 78.5 Å². The average Bonchev–Trinajstić information content (AvgIpc) is 2.73. The molecule has 3 rings (SSSR count). The molecule has 0 radical (unpaired) electrons. The molecule has 0 fully saturated rings. The predicted octanol–water partition coefficient (Wildman–Crippen LogP) is 4.01. The Balaban J connectivity index is 2.08. The Kier molecular flexibility index (Phi) is 2.71. The Labute approximate surface area is 108 Å². The number of fused-ring (bicyclic) bond motifs is 1. The van der Waals surface area contributed by atoms with Crippen LogP contribution in [0.4, 0.5) is 11.4 Å². The van der Waals surface area contributed by atoms with E-state index in [1.165, 1.54) is 16.9 Å². The lowest BCUT2D eigenvalue weighted by Crippen LogP contribution is -2.39. The molecule has 0 aromatic heterocycles. The van der Waals surface area contributed by atoms with E-state index in [0.717, 1.165) is 6.54 Å². The van der Waals surface area contributed by atoms with E-state index in [1.807, 2.05) is 0 Å². The maximum absolute atomic E-state index is 2.38. The molecule has 0 N–H and O–H groups in total. The van der Waals surface area contributed by atoms with Crippen molar-refractivity contribution in [2.24, 2.45) is 0 Å². The second-order valence-electron chi connectivity index (χ2n) is 4.63. The van der Waals surface area contributed by atoms with Gasteiger partial charge in [-0.1, -0.05) is 36.4 Å². The molecule has 2 nitrogen and oxygen atoms in total. The molecule has 2 heteroatoms. The van der Waals surface area contributed by atoms with E-state index < -0.39 is 0 Å². The van der Waals surface area contributed by atoms with Gasteiger partial charge in [0.05, 0.1) is 17.4 Å². The van der Waals surface area contributed by atoms with Crippen LogP contribution in [0, 0.1) is 0 Å². The van der Waals surface area contributed by atoms with Crippen LogP contribution in [-0.4, -0.2) is 6.54 Å². The third kappa shape index (κ3) is 1.57. The fourth-order valence-corrected chi connectivity index (χ4v) is 2.80. The summed E-state index contributed by atoms with van der Waals surface area (Å²) in [7, 11) is 0. The van der Waals surface area contributed by atoms with E-state index in [1.54, 1.807) is 0 Å². The summed E-state index contributed by atoms with van der Waals surface area (Å²) in [5.74, 6) is 0. The molecule has 0 spiro atoms. The van der Waals surface area contributed by atoms with Crippen LogP contribution in [-0.2, 0) is 0 Å². The molecule has 1 aliphatic rings. The Hall–Kier alpha value is -1.96. The number of para-hydroxylation sites is 2. The molecule has 1 unspecified atom stereocenters. The number of benzene rings is 2. The lowest BCUT2D eigenvalue weighted by molar-refractivity contribution is 0.685. The molecule has 1 aliphatic heterocycles. The fraction of sp³-hybridized carbons (Fsp3) is 0.250. The van der Waals surface area contributed by atoms with Gasteiger partial charge in [-0.3, -0.25) is 10.0 Å². The summed E-state index contributed by atoms with van der Waals surface area (Å²) in [4.78, 5) is 0. The van der Waals surface area contributed by atoms with Gasteiger partial charge < -0.3 is 0 Å². The van der Waals surface area contributed by atoms with Crippen molar-refractivity contribution in [2.75, 3.05) is 16.6 Å². The van der Waals surface area contributed by atoms with E-state index >= 15 is 0 Å². The van der Waals surface area contributed by atoms with Crippen molar-refractivity contribution >= 4 is 11.4 Å². The largest absolute Gasteiger partial charge is 0.285 e. The van der Waals surface area contributed by atoms with Gasteiger partial charge in [0.25, 0.3) is 0 Å². The first-order valence-corrected chi connectivity index (χ1v) is 6.53. The molecule has 0 amide bonds. The van der Waals surface area contributed by atoms with E-state index in [0.29, 0.717) is 6.04 Å². The van der Waals surface area contributed by atoms with Gasteiger partial charge in [0.15, 0.2) is 0 Å². The molecule has 0 aliphatic carbocycles. The van der Waals surface area contributed by atoms with Crippen LogP contribution < -0.4 is 10.0 Å². The average molecular weight is 238 g/mol. The molecule has 1 heterocycles. The Morgan fingerprint density at radius 3 is 2.33 bits per heavy atom. The minimum atomic E-state index is 0.392. The van der Waals surface area contributed by atoms with E-state index in [4.69, 9.17) is 0 Å². The van der Waals surface area contributed by atoms with Gasteiger partial charge >= 0.3 is 0 Å². The van der Waals surface area contributed by atoms with Gasteiger partial charge in [-0.05, 0) is 32.0 Å². The van der Waals surface area contributed by atoms with Crippen molar-refractivity contribution in [1.82, 2.24) is 0 Å². The quantitative estimate of drug-likeness (QED) is 0.780. The smallest absolute Gasteiger partial charge is 0.0748 e.